The maximum Gasteiger partial charge on any atom is 0.133 e. The molecular formula is C12H14BrNS. The van der Waals surface area contributed by atoms with Gasteiger partial charge < -0.3 is 0 Å². The van der Waals surface area contributed by atoms with Gasteiger partial charge >= 0.3 is 0 Å². The topological polar surface area (TPSA) is 23.8 Å². The fourth-order valence-electron chi connectivity index (χ4n) is 1.36. The van der Waals surface area contributed by atoms with Gasteiger partial charge in [0.25, 0.3) is 0 Å². The van der Waals surface area contributed by atoms with Crippen LogP contribution in [0.2, 0.25) is 0 Å². The van der Waals surface area contributed by atoms with Gasteiger partial charge in [0.05, 0.1) is 0 Å². The predicted octanol–water partition coefficient (Wildman–Crippen LogP) is 4.47. The van der Waals surface area contributed by atoms with Gasteiger partial charge in [0.15, 0.2) is 0 Å². The van der Waals surface area contributed by atoms with Gasteiger partial charge in [0, 0.05) is 10.2 Å². The molecule has 3 heteroatoms. The number of halogens is 1. The van der Waals surface area contributed by atoms with Crippen molar-refractivity contribution in [3.8, 4) is 5.40 Å². The quantitative estimate of drug-likeness (QED) is 0.602. The van der Waals surface area contributed by atoms with Crippen molar-refractivity contribution in [3.05, 3.63) is 33.8 Å². The number of aryl methyl sites for hydroxylation is 1. The molecule has 0 saturated carbocycles. The summed E-state index contributed by atoms with van der Waals surface area (Å²) in [5, 5.41) is 10.5. The number of benzene rings is 1. The van der Waals surface area contributed by atoms with E-state index in [-0.39, 0.29) is 0 Å². The lowest BCUT2D eigenvalue weighted by atomic mass is 9.98. The first-order valence-electron chi connectivity index (χ1n) is 4.92. The summed E-state index contributed by atoms with van der Waals surface area (Å²) >= 11 is 4.87. The number of nitriles is 1. The Kier molecular flexibility index (Phi) is 5.21. The van der Waals surface area contributed by atoms with E-state index in [1.165, 1.54) is 27.4 Å². The highest BCUT2D eigenvalue weighted by molar-refractivity contribution is 9.10. The second kappa shape index (κ2) is 6.19. The molecule has 0 radical (unpaired) electrons. The predicted molar refractivity (Wildman–Crippen MR) is 70.0 cm³/mol. The zero-order valence-electron chi connectivity index (χ0n) is 8.96. The first kappa shape index (κ1) is 12.6. The Balaban J connectivity index is 2.62. The number of rotatable bonds is 4. The van der Waals surface area contributed by atoms with Gasteiger partial charge in [0.2, 0.25) is 0 Å². The number of hydrogen-bond donors (Lipinski definition) is 0. The molecule has 0 bridgehead atoms. The smallest absolute Gasteiger partial charge is 0.133 e. The molecule has 1 unspecified atom stereocenters. The third kappa shape index (κ3) is 3.89. The second-order valence-corrected chi connectivity index (χ2v) is 5.37. The molecule has 0 fully saturated rings. The molecule has 0 spiro atoms. The highest BCUT2D eigenvalue weighted by atomic mass is 79.9. The number of nitrogens with zero attached hydrogens (tertiary/aromatic N) is 1. The van der Waals surface area contributed by atoms with E-state index >= 15 is 0 Å². The van der Waals surface area contributed by atoms with E-state index in [0.29, 0.717) is 5.92 Å². The van der Waals surface area contributed by atoms with Crippen LogP contribution in [-0.2, 0) is 0 Å². The van der Waals surface area contributed by atoms with Gasteiger partial charge in [-0.3, -0.25) is 0 Å². The van der Waals surface area contributed by atoms with E-state index in [0.717, 1.165) is 12.2 Å². The maximum absolute atomic E-state index is 8.44. The lowest BCUT2D eigenvalue weighted by molar-refractivity contribution is 0.741. The zero-order chi connectivity index (χ0) is 11.3. The van der Waals surface area contributed by atoms with E-state index in [2.05, 4.69) is 53.4 Å². The Morgan fingerprint density at radius 2 is 2.27 bits per heavy atom. The summed E-state index contributed by atoms with van der Waals surface area (Å²) in [4.78, 5) is 0. The van der Waals surface area contributed by atoms with E-state index in [1.54, 1.807) is 0 Å². The van der Waals surface area contributed by atoms with Crippen LogP contribution in [0.3, 0.4) is 0 Å². The van der Waals surface area contributed by atoms with Crippen molar-refractivity contribution in [3.63, 3.8) is 0 Å². The summed E-state index contributed by atoms with van der Waals surface area (Å²) in [6, 6.07) is 6.48. The van der Waals surface area contributed by atoms with Crippen molar-refractivity contribution < 1.29 is 0 Å². The fourth-order valence-corrected chi connectivity index (χ4v) is 2.32. The average molecular weight is 284 g/mol. The van der Waals surface area contributed by atoms with Crippen LogP contribution in [0, 0.1) is 17.6 Å². The molecule has 0 aliphatic rings. The van der Waals surface area contributed by atoms with Crippen LogP contribution >= 0.6 is 27.7 Å². The van der Waals surface area contributed by atoms with Gasteiger partial charge in [-0.15, -0.1) is 0 Å². The third-order valence-electron chi connectivity index (χ3n) is 2.48. The normalized spacial score (nSPS) is 12.1. The van der Waals surface area contributed by atoms with Crippen molar-refractivity contribution in [1.82, 2.24) is 0 Å². The minimum Gasteiger partial charge on any atom is -0.185 e. The molecule has 0 aromatic heterocycles. The lowest BCUT2D eigenvalue weighted by Gasteiger charge is -2.11. The molecule has 1 nitrogen and oxygen atoms in total. The largest absolute Gasteiger partial charge is 0.185 e. The second-order valence-electron chi connectivity index (χ2n) is 3.64. The Bertz CT molecular complexity index is 370. The van der Waals surface area contributed by atoms with Crippen LogP contribution in [0.25, 0.3) is 0 Å². The summed E-state index contributed by atoms with van der Waals surface area (Å²) in [7, 11) is 0. The monoisotopic (exact) mass is 283 g/mol. The molecule has 1 aromatic carbocycles. The number of thiocyanates is 1. The summed E-state index contributed by atoms with van der Waals surface area (Å²) in [6.45, 7) is 4.29. The molecule has 0 amide bonds. The van der Waals surface area contributed by atoms with Crippen LogP contribution in [0.15, 0.2) is 22.7 Å². The van der Waals surface area contributed by atoms with Crippen LogP contribution in [0.5, 0.6) is 0 Å². The van der Waals surface area contributed by atoms with Crippen molar-refractivity contribution in [2.45, 2.75) is 26.2 Å². The average Bonchev–Trinajstić information content (AvgIpc) is 2.22. The summed E-state index contributed by atoms with van der Waals surface area (Å²) in [5.74, 6) is 1.42. The maximum atomic E-state index is 8.44. The molecule has 0 saturated heterocycles. The number of thioether (sulfide) groups is 1. The van der Waals surface area contributed by atoms with E-state index in [4.69, 9.17) is 5.26 Å². The molecule has 0 N–H and O–H groups in total. The standard InChI is InChI=1S/C12H14BrNS/c1-9(5-6-15-8-14)11-4-3-10(2)12(13)7-11/h3-4,7,9H,5-6H2,1-2H3. The van der Waals surface area contributed by atoms with Gasteiger partial charge in [-0.1, -0.05) is 35.0 Å². The summed E-state index contributed by atoms with van der Waals surface area (Å²) in [5.41, 5.74) is 2.60. The van der Waals surface area contributed by atoms with Crippen molar-refractivity contribution in [1.29, 1.82) is 5.26 Å². The Labute approximate surface area is 104 Å². The van der Waals surface area contributed by atoms with Crippen LogP contribution in [-0.4, -0.2) is 5.75 Å². The zero-order valence-corrected chi connectivity index (χ0v) is 11.4. The molecule has 1 atom stereocenters. The van der Waals surface area contributed by atoms with E-state index < -0.39 is 0 Å². The molecular weight excluding hydrogens is 270 g/mol. The number of hydrogen-bond acceptors (Lipinski definition) is 2. The highest BCUT2D eigenvalue weighted by Crippen LogP contribution is 2.25. The highest BCUT2D eigenvalue weighted by Gasteiger charge is 2.06. The molecule has 1 aromatic rings. The van der Waals surface area contributed by atoms with Gasteiger partial charge in [-0.25, -0.2) is 0 Å². The van der Waals surface area contributed by atoms with E-state index in [9.17, 15) is 0 Å². The Morgan fingerprint density at radius 3 is 2.87 bits per heavy atom. The molecule has 15 heavy (non-hydrogen) atoms. The summed E-state index contributed by atoms with van der Waals surface area (Å²) in [6.07, 6.45) is 1.05. The van der Waals surface area contributed by atoms with Gasteiger partial charge in [-0.05, 0) is 48.2 Å². The van der Waals surface area contributed by atoms with Crippen molar-refractivity contribution in [2.75, 3.05) is 5.75 Å². The minimum atomic E-state index is 0.516. The Hall–Kier alpha value is -0.460. The molecule has 1 rings (SSSR count). The third-order valence-corrected chi connectivity index (χ3v) is 3.91. The van der Waals surface area contributed by atoms with Gasteiger partial charge in [0.1, 0.15) is 5.40 Å². The van der Waals surface area contributed by atoms with E-state index in [1.807, 2.05) is 0 Å². The molecule has 0 heterocycles. The minimum absolute atomic E-state index is 0.516. The molecule has 0 aliphatic heterocycles. The molecule has 0 aliphatic carbocycles. The van der Waals surface area contributed by atoms with Crippen LogP contribution in [0.4, 0.5) is 0 Å². The van der Waals surface area contributed by atoms with Gasteiger partial charge in [-0.2, -0.15) is 5.26 Å². The molecule has 80 valence electrons. The summed E-state index contributed by atoms with van der Waals surface area (Å²) < 4.78 is 1.17. The van der Waals surface area contributed by atoms with Crippen molar-refractivity contribution in [2.24, 2.45) is 0 Å². The SMILES string of the molecule is Cc1ccc(C(C)CCSC#N)cc1Br. The first-order valence-corrected chi connectivity index (χ1v) is 6.70. The van der Waals surface area contributed by atoms with Crippen LogP contribution in [0.1, 0.15) is 30.4 Å². The fraction of sp³-hybridized carbons (Fsp3) is 0.417. The lowest BCUT2D eigenvalue weighted by Crippen LogP contribution is -1.95. The first-order chi connectivity index (χ1) is 7.15. The van der Waals surface area contributed by atoms with Crippen LogP contribution < -0.4 is 0 Å². The Morgan fingerprint density at radius 1 is 1.53 bits per heavy atom. The van der Waals surface area contributed by atoms with Crippen molar-refractivity contribution >= 4 is 27.7 Å².